The Labute approximate surface area is 144 Å². The highest BCUT2D eigenvalue weighted by atomic mass is 35.5. The lowest BCUT2D eigenvalue weighted by Crippen LogP contribution is -2.02. The Balaban J connectivity index is 1.84. The Kier molecular flexibility index (Phi) is 4.77. The first-order chi connectivity index (χ1) is 11.7. The lowest BCUT2D eigenvalue weighted by molar-refractivity contribution is 0.398. The summed E-state index contributed by atoms with van der Waals surface area (Å²) in [5.41, 5.74) is 2.81. The number of halogens is 1. The summed E-state index contributed by atoms with van der Waals surface area (Å²) >= 11 is 6.20. The Morgan fingerprint density at radius 2 is 1.92 bits per heavy atom. The van der Waals surface area contributed by atoms with E-state index >= 15 is 0 Å². The van der Waals surface area contributed by atoms with E-state index in [2.05, 4.69) is 25.6 Å². The number of aromatic nitrogens is 3. The van der Waals surface area contributed by atoms with E-state index in [4.69, 9.17) is 16.3 Å². The molecule has 0 bridgehead atoms. The molecule has 6 nitrogen and oxygen atoms in total. The van der Waals surface area contributed by atoms with Crippen LogP contribution in [0.2, 0.25) is 5.02 Å². The lowest BCUT2D eigenvalue weighted by Gasteiger charge is -2.12. The molecule has 0 aliphatic carbocycles. The van der Waals surface area contributed by atoms with Crippen LogP contribution in [0.5, 0.6) is 5.88 Å². The lowest BCUT2D eigenvalue weighted by atomic mass is 10.2. The maximum Gasteiger partial charge on any atom is 0.229 e. The molecule has 0 radical (unpaired) electrons. The van der Waals surface area contributed by atoms with Gasteiger partial charge in [0.1, 0.15) is 5.02 Å². The molecule has 2 aromatic heterocycles. The number of hydrogen-bond donors (Lipinski definition) is 2. The van der Waals surface area contributed by atoms with Crippen LogP contribution in [0.3, 0.4) is 0 Å². The van der Waals surface area contributed by atoms with Gasteiger partial charge in [-0.3, -0.25) is 0 Å². The van der Waals surface area contributed by atoms with Crippen LogP contribution in [0.4, 0.5) is 23.1 Å². The average molecular weight is 342 g/mol. The molecule has 2 N–H and O–H groups in total. The molecule has 0 saturated carbocycles. The van der Waals surface area contributed by atoms with Gasteiger partial charge in [0.05, 0.1) is 13.3 Å². The van der Waals surface area contributed by atoms with E-state index in [-0.39, 0.29) is 0 Å². The van der Waals surface area contributed by atoms with Gasteiger partial charge in [0, 0.05) is 23.6 Å². The van der Waals surface area contributed by atoms with Crippen molar-refractivity contribution in [1.82, 2.24) is 15.0 Å². The van der Waals surface area contributed by atoms with Gasteiger partial charge in [0.25, 0.3) is 0 Å². The minimum atomic E-state index is 0.420. The second-order valence-corrected chi connectivity index (χ2v) is 5.45. The summed E-state index contributed by atoms with van der Waals surface area (Å²) in [6, 6.07) is 11.5. The molecule has 3 rings (SSSR count). The topological polar surface area (TPSA) is 72.0 Å². The third kappa shape index (κ3) is 3.72. The molecule has 0 aliphatic rings. The van der Waals surface area contributed by atoms with Crippen LogP contribution in [0.15, 0.2) is 48.8 Å². The van der Waals surface area contributed by atoms with Crippen molar-refractivity contribution < 1.29 is 4.74 Å². The van der Waals surface area contributed by atoms with E-state index in [1.54, 1.807) is 31.6 Å². The van der Waals surface area contributed by atoms with Crippen molar-refractivity contribution in [2.24, 2.45) is 0 Å². The van der Waals surface area contributed by atoms with Gasteiger partial charge in [-0.05, 0) is 24.6 Å². The number of benzene rings is 1. The fourth-order valence-corrected chi connectivity index (χ4v) is 2.22. The molecule has 0 aliphatic heterocycles. The summed E-state index contributed by atoms with van der Waals surface area (Å²) in [5.74, 6) is 1.46. The summed E-state index contributed by atoms with van der Waals surface area (Å²) in [7, 11) is 1.56. The summed E-state index contributed by atoms with van der Waals surface area (Å²) in [6.45, 7) is 2.01. The molecule has 0 saturated heterocycles. The van der Waals surface area contributed by atoms with Crippen molar-refractivity contribution in [1.29, 1.82) is 0 Å². The van der Waals surface area contributed by atoms with Gasteiger partial charge >= 0.3 is 0 Å². The van der Waals surface area contributed by atoms with Crippen LogP contribution in [0.1, 0.15) is 5.56 Å². The number of hydrogen-bond acceptors (Lipinski definition) is 6. The molecule has 1 aromatic carbocycles. The number of anilines is 4. The molecule has 0 amide bonds. The Bertz CT molecular complexity index is 856. The van der Waals surface area contributed by atoms with Crippen LogP contribution in [-0.4, -0.2) is 22.1 Å². The number of nitrogens with zero attached hydrogens (tertiary/aromatic N) is 3. The summed E-state index contributed by atoms with van der Waals surface area (Å²) in [5, 5.41) is 6.78. The first-order valence-electron chi connectivity index (χ1n) is 7.28. The zero-order valence-corrected chi connectivity index (χ0v) is 14.0. The number of pyridine rings is 1. The fraction of sp³-hybridized carbons (Fsp3) is 0.118. The molecule has 24 heavy (non-hydrogen) atoms. The number of methoxy groups -OCH3 is 1. The molecule has 122 valence electrons. The summed E-state index contributed by atoms with van der Waals surface area (Å²) in [4.78, 5) is 12.7. The van der Waals surface area contributed by atoms with Crippen LogP contribution < -0.4 is 15.4 Å². The predicted molar refractivity (Wildman–Crippen MR) is 95.6 cm³/mol. The molecule has 3 aromatic rings. The maximum absolute atomic E-state index is 6.20. The Morgan fingerprint density at radius 3 is 2.71 bits per heavy atom. The number of ether oxygens (including phenoxy) is 1. The number of para-hydroxylation sites is 1. The zero-order chi connectivity index (χ0) is 16.9. The number of aryl methyl sites for hydroxylation is 1. The SMILES string of the molecule is COc1cc(Nc2ncc(Cl)c(Nc3ccccc3C)n2)ccn1. The van der Waals surface area contributed by atoms with Gasteiger partial charge in [-0.15, -0.1) is 0 Å². The summed E-state index contributed by atoms with van der Waals surface area (Å²) < 4.78 is 5.10. The predicted octanol–water partition coefficient (Wildman–Crippen LogP) is 4.33. The second kappa shape index (κ2) is 7.14. The first-order valence-corrected chi connectivity index (χ1v) is 7.66. The van der Waals surface area contributed by atoms with E-state index in [0.717, 1.165) is 16.9 Å². The molecule has 7 heteroatoms. The third-order valence-corrected chi connectivity index (χ3v) is 3.62. The molecular formula is C17H16ClN5O. The van der Waals surface area contributed by atoms with E-state index in [1.165, 1.54) is 0 Å². The quantitative estimate of drug-likeness (QED) is 0.719. The first kappa shape index (κ1) is 16.0. The Hall–Kier alpha value is -2.86. The fourth-order valence-electron chi connectivity index (χ4n) is 2.08. The second-order valence-electron chi connectivity index (χ2n) is 5.04. The highest BCUT2D eigenvalue weighted by Crippen LogP contribution is 2.26. The van der Waals surface area contributed by atoms with Gasteiger partial charge in [0.15, 0.2) is 5.82 Å². The minimum Gasteiger partial charge on any atom is -0.481 e. The van der Waals surface area contributed by atoms with E-state index in [1.807, 2.05) is 31.2 Å². The van der Waals surface area contributed by atoms with Gasteiger partial charge in [-0.1, -0.05) is 29.8 Å². The standard InChI is InChI=1S/C17H16ClN5O/c1-11-5-3-4-6-14(11)22-16-13(18)10-20-17(23-16)21-12-7-8-19-15(9-12)24-2/h3-10H,1-2H3,(H2,19,20,21,22,23). The highest BCUT2D eigenvalue weighted by Gasteiger charge is 2.08. The van der Waals surface area contributed by atoms with Gasteiger partial charge in [0.2, 0.25) is 11.8 Å². The van der Waals surface area contributed by atoms with E-state index in [0.29, 0.717) is 22.7 Å². The van der Waals surface area contributed by atoms with Crippen molar-refractivity contribution in [2.45, 2.75) is 6.92 Å². The van der Waals surface area contributed by atoms with Crippen molar-refractivity contribution >= 4 is 34.7 Å². The van der Waals surface area contributed by atoms with E-state index in [9.17, 15) is 0 Å². The molecule has 0 fully saturated rings. The highest BCUT2D eigenvalue weighted by molar-refractivity contribution is 6.32. The van der Waals surface area contributed by atoms with Crippen molar-refractivity contribution in [3.8, 4) is 5.88 Å². The normalized spacial score (nSPS) is 10.3. The van der Waals surface area contributed by atoms with Gasteiger partial charge < -0.3 is 15.4 Å². The van der Waals surface area contributed by atoms with Crippen LogP contribution in [0.25, 0.3) is 0 Å². The van der Waals surface area contributed by atoms with Crippen molar-refractivity contribution in [2.75, 3.05) is 17.7 Å². The zero-order valence-electron chi connectivity index (χ0n) is 13.2. The van der Waals surface area contributed by atoms with Crippen molar-refractivity contribution in [3.05, 3.63) is 59.4 Å². The molecule has 2 heterocycles. The van der Waals surface area contributed by atoms with Crippen LogP contribution in [-0.2, 0) is 0 Å². The average Bonchev–Trinajstić information content (AvgIpc) is 2.60. The molecular weight excluding hydrogens is 326 g/mol. The summed E-state index contributed by atoms with van der Waals surface area (Å²) in [6.07, 6.45) is 3.19. The molecule has 0 unspecified atom stereocenters. The number of nitrogens with one attached hydrogen (secondary N) is 2. The minimum absolute atomic E-state index is 0.420. The maximum atomic E-state index is 6.20. The van der Waals surface area contributed by atoms with Crippen LogP contribution >= 0.6 is 11.6 Å². The number of rotatable bonds is 5. The smallest absolute Gasteiger partial charge is 0.229 e. The van der Waals surface area contributed by atoms with Gasteiger partial charge in [-0.25, -0.2) is 9.97 Å². The largest absolute Gasteiger partial charge is 0.481 e. The molecule has 0 atom stereocenters. The van der Waals surface area contributed by atoms with Crippen LogP contribution in [0, 0.1) is 6.92 Å². The molecule has 0 spiro atoms. The monoisotopic (exact) mass is 341 g/mol. The Morgan fingerprint density at radius 1 is 1.08 bits per heavy atom. The third-order valence-electron chi connectivity index (χ3n) is 3.34. The van der Waals surface area contributed by atoms with E-state index < -0.39 is 0 Å². The van der Waals surface area contributed by atoms with Crippen molar-refractivity contribution in [3.63, 3.8) is 0 Å². The van der Waals surface area contributed by atoms with Gasteiger partial charge in [-0.2, -0.15) is 4.98 Å².